The van der Waals surface area contributed by atoms with Crippen LogP contribution in [0.5, 0.6) is 0 Å². The molecule has 0 amide bonds. The first-order valence-corrected chi connectivity index (χ1v) is 7.44. The first kappa shape index (κ1) is 13.4. The van der Waals surface area contributed by atoms with Crippen molar-refractivity contribution in [2.45, 2.75) is 47.5 Å². The Hall–Kier alpha value is -1.56. The van der Waals surface area contributed by atoms with Gasteiger partial charge in [-0.15, -0.1) is 0 Å². The van der Waals surface area contributed by atoms with Crippen LogP contribution >= 0.6 is 0 Å². The Balaban J connectivity index is 2.15. The minimum Gasteiger partial charge on any atom is -0.0751 e. The molecular formula is C20H23. The monoisotopic (exact) mass is 263 g/mol. The van der Waals surface area contributed by atoms with Crippen molar-refractivity contribution in [1.82, 2.24) is 0 Å². The molecule has 0 aromatic heterocycles. The van der Waals surface area contributed by atoms with Gasteiger partial charge in [-0.2, -0.15) is 0 Å². The van der Waals surface area contributed by atoms with Gasteiger partial charge in [0.25, 0.3) is 0 Å². The Morgan fingerprint density at radius 2 is 1.25 bits per heavy atom. The maximum Gasteiger partial charge on any atom is 0.0370 e. The maximum atomic E-state index is 2.39. The lowest BCUT2D eigenvalue weighted by Crippen LogP contribution is -2.10. The molecule has 0 N–H and O–H groups in total. The standard InChI is InChI=1S/C20H23/c1-11-7-8-12(2)19-17(11)9-10-18(19)20-15(5)13(3)14(4)16(20)6/h7-10,18H,1-6H3. The summed E-state index contributed by atoms with van der Waals surface area (Å²) in [6.07, 6.45) is 4.71. The van der Waals surface area contributed by atoms with Gasteiger partial charge < -0.3 is 0 Å². The van der Waals surface area contributed by atoms with Crippen LogP contribution in [0.3, 0.4) is 0 Å². The smallest absolute Gasteiger partial charge is 0.0370 e. The molecule has 1 aromatic rings. The van der Waals surface area contributed by atoms with E-state index >= 15 is 0 Å². The third-order valence-corrected chi connectivity index (χ3v) is 5.30. The van der Waals surface area contributed by atoms with Crippen molar-refractivity contribution in [3.63, 3.8) is 0 Å². The number of allylic oxidation sites excluding steroid dienone is 5. The van der Waals surface area contributed by atoms with Crippen molar-refractivity contribution < 1.29 is 0 Å². The Kier molecular flexibility index (Phi) is 3.01. The molecule has 0 fully saturated rings. The summed E-state index contributed by atoms with van der Waals surface area (Å²) >= 11 is 0. The van der Waals surface area contributed by atoms with Crippen LogP contribution in [0.4, 0.5) is 0 Å². The molecule has 103 valence electrons. The van der Waals surface area contributed by atoms with Crippen LogP contribution in [-0.4, -0.2) is 0 Å². The molecule has 2 aliphatic rings. The van der Waals surface area contributed by atoms with Crippen LogP contribution in [-0.2, 0) is 0 Å². The molecule has 2 aliphatic carbocycles. The molecule has 0 bridgehead atoms. The number of fused-ring (bicyclic) bond motifs is 1. The topological polar surface area (TPSA) is 0 Å². The lowest BCUT2D eigenvalue weighted by Gasteiger charge is -2.24. The SMILES string of the molecule is CC1=C(C)C(C)=C(C)[C]1C1C=Cc2c(C)ccc(C)c21. The summed E-state index contributed by atoms with van der Waals surface area (Å²) in [6.45, 7) is 13.5. The zero-order chi connectivity index (χ0) is 14.6. The summed E-state index contributed by atoms with van der Waals surface area (Å²) in [7, 11) is 0. The van der Waals surface area contributed by atoms with Gasteiger partial charge in [0.05, 0.1) is 0 Å². The lowest BCUT2D eigenvalue weighted by atomic mass is 9.79. The minimum atomic E-state index is 0.442. The van der Waals surface area contributed by atoms with Crippen molar-refractivity contribution >= 4 is 6.08 Å². The van der Waals surface area contributed by atoms with E-state index in [1.807, 2.05) is 0 Å². The molecule has 0 spiro atoms. The average molecular weight is 263 g/mol. The van der Waals surface area contributed by atoms with Crippen molar-refractivity contribution in [2.75, 3.05) is 0 Å². The van der Waals surface area contributed by atoms with E-state index in [0.717, 1.165) is 0 Å². The minimum absolute atomic E-state index is 0.442. The molecule has 1 aromatic carbocycles. The molecule has 0 heterocycles. The number of rotatable bonds is 1. The Morgan fingerprint density at radius 1 is 0.700 bits per heavy atom. The van der Waals surface area contributed by atoms with Crippen molar-refractivity contribution in [1.29, 1.82) is 0 Å². The highest BCUT2D eigenvalue weighted by molar-refractivity contribution is 5.73. The van der Waals surface area contributed by atoms with E-state index in [4.69, 9.17) is 0 Å². The highest BCUT2D eigenvalue weighted by Gasteiger charge is 2.35. The second-order valence-electron chi connectivity index (χ2n) is 6.28. The van der Waals surface area contributed by atoms with Crippen LogP contribution in [0, 0.1) is 19.8 Å². The summed E-state index contributed by atoms with van der Waals surface area (Å²) in [4.78, 5) is 0. The van der Waals surface area contributed by atoms with Gasteiger partial charge in [0.15, 0.2) is 0 Å². The molecule has 3 rings (SSSR count). The average Bonchev–Trinajstić information content (AvgIpc) is 2.93. The third kappa shape index (κ3) is 1.67. The largest absolute Gasteiger partial charge is 0.0751 e. The molecule has 0 aliphatic heterocycles. The Bertz CT molecular complexity index is 656. The Labute approximate surface area is 122 Å². The van der Waals surface area contributed by atoms with E-state index in [-0.39, 0.29) is 0 Å². The predicted octanol–water partition coefficient (Wildman–Crippen LogP) is 5.67. The van der Waals surface area contributed by atoms with Crippen LogP contribution in [0.15, 0.2) is 40.5 Å². The summed E-state index contributed by atoms with van der Waals surface area (Å²) < 4.78 is 0. The fourth-order valence-electron chi connectivity index (χ4n) is 3.73. The van der Waals surface area contributed by atoms with Gasteiger partial charge in [-0.05, 0) is 74.9 Å². The normalized spacial score (nSPS) is 22.2. The molecule has 1 unspecified atom stereocenters. The van der Waals surface area contributed by atoms with Gasteiger partial charge in [0.1, 0.15) is 0 Å². The van der Waals surface area contributed by atoms with Gasteiger partial charge in [0.2, 0.25) is 0 Å². The van der Waals surface area contributed by atoms with Crippen LogP contribution in [0.25, 0.3) is 6.08 Å². The van der Waals surface area contributed by atoms with Crippen LogP contribution < -0.4 is 0 Å². The van der Waals surface area contributed by atoms with Gasteiger partial charge in [-0.25, -0.2) is 0 Å². The molecule has 0 saturated heterocycles. The summed E-state index contributed by atoms with van der Waals surface area (Å²) in [5.74, 6) is 1.97. The lowest BCUT2D eigenvalue weighted by molar-refractivity contribution is 0.888. The Morgan fingerprint density at radius 3 is 1.85 bits per heavy atom. The summed E-state index contributed by atoms with van der Waals surface area (Å²) in [5.41, 5.74) is 11.6. The number of hydrogen-bond acceptors (Lipinski definition) is 0. The third-order valence-electron chi connectivity index (χ3n) is 5.30. The molecule has 0 nitrogen and oxygen atoms in total. The van der Waals surface area contributed by atoms with Gasteiger partial charge >= 0.3 is 0 Å². The van der Waals surface area contributed by atoms with E-state index in [0.29, 0.717) is 5.92 Å². The van der Waals surface area contributed by atoms with Crippen molar-refractivity contribution in [3.05, 3.63) is 68.7 Å². The number of aryl methyl sites for hydroxylation is 2. The second kappa shape index (κ2) is 4.48. The predicted molar refractivity (Wildman–Crippen MR) is 87.7 cm³/mol. The molecule has 20 heavy (non-hydrogen) atoms. The zero-order valence-electron chi connectivity index (χ0n) is 13.4. The fraction of sp³-hybridized carbons (Fsp3) is 0.350. The fourth-order valence-corrected chi connectivity index (χ4v) is 3.73. The second-order valence-corrected chi connectivity index (χ2v) is 6.28. The van der Waals surface area contributed by atoms with Gasteiger partial charge in [-0.1, -0.05) is 35.4 Å². The maximum absolute atomic E-state index is 2.39. The zero-order valence-corrected chi connectivity index (χ0v) is 13.4. The molecular weight excluding hydrogens is 240 g/mol. The van der Waals surface area contributed by atoms with E-state index in [1.54, 1.807) is 0 Å². The van der Waals surface area contributed by atoms with E-state index in [1.165, 1.54) is 50.5 Å². The molecule has 1 radical (unpaired) electrons. The van der Waals surface area contributed by atoms with Crippen LogP contribution in [0.2, 0.25) is 0 Å². The quantitative estimate of drug-likeness (QED) is 0.612. The highest BCUT2D eigenvalue weighted by atomic mass is 14.4. The summed E-state index contributed by atoms with van der Waals surface area (Å²) in [5, 5.41) is 0. The van der Waals surface area contributed by atoms with Crippen molar-refractivity contribution in [3.8, 4) is 0 Å². The van der Waals surface area contributed by atoms with E-state index < -0.39 is 0 Å². The van der Waals surface area contributed by atoms with E-state index in [9.17, 15) is 0 Å². The van der Waals surface area contributed by atoms with Crippen LogP contribution in [0.1, 0.15) is 55.9 Å². The van der Waals surface area contributed by atoms with Gasteiger partial charge in [0, 0.05) is 11.8 Å². The number of hydrogen-bond donors (Lipinski definition) is 0. The molecule has 0 saturated carbocycles. The first-order valence-electron chi connectivity index (χ1n) is 7.44. The number of benzene rings is 1. The highest BCUT2D eigenvalue weighted by Crippen LogP contribution is 2.50. The molecule has 1 atom stereocenters. The van der Waals surface area contributed by atoms with Gasteiger partial charge in [-0.3, -0.25) is 0 Å². The summed E-state index contributed by atoms with van der Waals surface area (Å²) in [6, 6.07) is 4.50. The molecule has 0 heteroatoms. The van der Waals surface area contributed by atoms with E-state index in [2.05, 4.69) is 65.8 Å². The first-order chi connectivity index (χ1) is 9.43. The van der Waals surface area contributed by atoms with Crippen molar-refractivity contribution in [2.24, 2.45) is 0 Å².